The maximum atomic E-state index is 12.6. The van der Waals surface area contributed by atoms with E-state index >= 15 is 0 Å². The maximum Gasteiger partial charge on any atom is 0.311 e. The zero-order valence-electron chi connectivity index (χ0n) is 14.0. The molecular formula is C17H21NO6. The fourth-order valence-electron chi connectivity index (χ4n) is 3.33. The Morgan fingerprint density at radius 2 is 1.83 bits per heavy atom. The summed E-state index contributed by atoms with van der Waals surface area (Å²) < 4.78 is 20.9. The van der Waals surface area contributed by atoms with Crippen LogP contribution in [-0.4, -0.2) is 57.8 Å². The Balaban J connectivity index is 1.74. The molecule has 2 atom stereocenters. The van der Waals surface area contributed by atoms with Crippen molar-refractivity contribution >= 4 is 11.9 Å². The number of cyclic esters (lactones) is 1. The van der Waals surface area contributed by atoms with Gasteiger partial charge in [0, 0.05) is 19.0 Å². The summed E-state index contributed by atoms with van der Waals surface area (Å²) in [5.41, 5.74) is 0.772. The topological polar surface area (TPSA) is 74.3 Å². The van der Waals surface area contributed by atoms with E-state index in [0.717, 1.165) is 5.56 Å². The van der Waals surface area contributed by atoms with Gasteiger partial charge in [-0.1, -0.05) is 0 Å². The van der Waals surface area contributed by atoms with Gasteiger partial charge in [-0.15, -0.1) is 0 Å². The fourth-order valence-corrected chi connectivity index (χ4v) is 3.33. The predicted octanol–water partition coefficient (Wildman–Crippen LogP) is 0.886. The third-order valence-corrected chi connectivity index (χ3v) is 4.62. The molecule has 1 amide bonds. The minimum atomic E-state index is -0.192. The first-order valence-corrected chi connectivity index (χ1v) is 7.80. The maximum absolute atomic E-state index is 12.6. The summed E-state index contributed by atoms with van der Waals surface area (Å²) in [6.07, 6.45) is 0.213. The molecule has 0 unspecified atom stereocenters. The van der Waals surface area contributed by atoms with Crippen molar-refractivity contribution in [3.63, 3.8) is 0 Å². The van der Waals surface area contributed by atoms with Gasteiger partial charge in [0.2, 0.25) is 11.7 Å². The first-order valence-electron chi connectivity index (χ1n) is 7.80. The molecule has 24 heavy (non-hydrogen) atoms. The second-order valence-electron chi connectivity index (χ2n) is 6.01. The van der Waals surface area contributed by atoms with Crippen LogP contribution in [0.1, 0.15) is 5.56 Å². The van der Waals surface area contributed by atoms with Gasteiger partial charge in [-0.05, 0) is 17.7 Å². The van der Waals surface area contributed by atoms with Gasteiger partial charge in [0.05, 0.1) is 40.3 Å². The molecule has 0 aromatic heterocycles. The number of methoxy groups -OCH3 is 3. The van der Waals surface area contributed by atoms with Crippen LogP contribution >= 0.6 is 0 Å². The van der Waals surface area contributed by atoms with Crippen LogP contribution in [0.25, 0.3) is 0 Å². The van der Waals surface area contributed by atoms with E-state index in [1.54, 1.807) is 17.0 Å². The van der Waals surface area contributed by atoms with E-state index in [2.05, 4.69) is 0 Å². The van der Waals surface area contributed by atoms with Crippen LogP contribution in [-0.2, 0) is 20.7 Å². The Bertz CT molecular complexity index is 633. The van der Waals surface area contributed by atoms with E-state index in [9.17, 15) is 9.59 Å². The molecule has 2 saturated heterocycles. The highest BCUT2D eigenvalue weighted by molar-refractivity contribution is 5.82. The SMILES string of the molecule is COc1cc(CC(=O)N2C[C@@H]3COC(=O)[C@@H]3C2)cc(OC)c1OC. The van der Waals surface area contributed by atoms with Crippen molar-refractivity contribution in [1.29, 1.82) is 0 Å². The van der Waals surface area contributed by atoms with Crippen molar-refractivity contribution in [3.8, 4) is 17.2 Å². The average molecular weight is 335 g/mol. The van der Waals surface area contributed by atoms with E-state index in [4.69, 9.17) is 18.9 Å². The molecule has 130 valence electrons. The first kappa shape index (κ1) is 16.4. The number of esters is 1. The van der Waals surface area contributed by atoms with Gasteiger partial charge in [-0.3, -0.25) is 9.59 Å². The van der Waals surface area contributed by atoms with Crippen molar-refractivity contribution in [2.75, 3.05) is 41.0 Å². The minimum Gasteiger partial charge on any atom is -0.493 e. The van der Waals surface area contributed by atoms with Gasteiger partial charge in [-0.25, -0.2) is 0 Å². The van der Waals surface area contributed by atoms with Gasteiger partial charge >= 0.3 is 5.97 Å². The number of nitrogens with zero attached hydrogens (tertiary/aromatic N) is 1. The zero-order chi connectivity index (χ0) is 17.3. The average Bonchev–Trinajstić information content (AvgIpc) is 3.16. The van der Waals surface area contributed by atoms with Crippen molar-refractivity contribution < 1.29 is 28.5 Å². The highest BCUT2D eigenvalue weighted by Gasteiger charge is 2.45. The summed E-state index contributed by atoms with van der Waals surface area (Å²) in [7, 11) is 4.61. The summed E-state index contributed by atoms with van der Waals surface area (Å²) in [6, 6.07) is 3.54. The summed E-state index contributed by atoms with van der Waals surface area (Å²) in [5.74, 6) is 1.27. The lowest BCUT2D eigenvalue weighted by Gasteiger charge is -2.18. The predicted molar refractivity (Wildman–Crippen MR) is 84.3 cm³/mol. The lowest BCUT2D eigenvalue weighted by Crippen LogP contribution is -2.32. The minimum absolute atomic E-state index is 0.0218. The molecule has 0 radical (unpaired) electrons. The summed E-state index contributed by atoms with van der Waals surface area (Å²) in [6.45, 7) is 1.42. The Hall–Kier alpha value is -2.44. The molecule has 2 heterocycles. The lowest BCUT2D eigenvalue weighted by atomic mass is 10.0. The van der Waals surface area contributed by atoms with Crippen LogP contribution in [0.15, 0.2) is 12.1 Å². The number of hydrogen-bond donors (Lipinski definition) is 0. The molecule has 0 aliphatic carbocycles. The van der Waals surface area contributed by atoms with E-state index in [1.165, 1.54) is 21.3 Å². The molecule has 1 aromatic rings. The second kappa shape index (κ2) is 6.59. The highest BCUT2D eigenvalue weighted by Crippen LogP contribution is 2.38. The number of rotatable bonds is 5. The number of hydrogen-bond acceptors (Lipinski definition) is 6. The molecule has 0 bridgehead atoms. The largest absolute Gasteiger partial charge is 0.493 e. The van der Waals surface area contributed by atoms with E-state index < -0.39 is 0 Å². The quantitative estimate of drug-likeness (QED) is 0.744. The summed E-state index contributed by atoms with van der Waals surface area (Å²) >= 11 is 0. The second-order valence-corrected chi connectivity index (χ2v) is 6.01. The molecule has 2 aliphatic rings. The number of amides is 1. The molecule has 1 aromatic carbocycles. The Morgan fingerprint density at radius 1 is 1.17 bits per heavy atom. The summed E-state index contributed by atoms with van der Waals surface area (Å²) in [5, 5.41) is 0. The number of carbonyl (C=O) groups is 2. The van der Waals surface area contributed by atoms with Crippen LogP contribution in [0.5, 0.6) is 17.2 Å². The molecular weight excluding hydrogens is 314 g/mol. The molecule has 2 fully saturated rings. The van der Waals surface area contributed by atoms with Gasteiger partial charge in [0.15, 0.2) is 11.5 Å². The molecule has 3 rings (SSSR count). The smallest absolute Gasteiger partial charge is 0.311 e. The van der Waals surface area contributed by atoms with E-state index in [-0.39, 0.29) is 30.1 Å². The number of likely N-dealkylation sites (tertiary alicyclic amines) is 1. The number of fused-ring (bicyclic) bond motifs is 1. The molecule has 7 nitrogen and oxygen atoms in total. The fraction of sp³-hybridized carbons (Fsp3) is 0.529. The Morgan fingerprint density at radius 3 is 2.38 bits per heavy atom. The van der Waals surface area contributed by atoms with Crippen LogP contribution in [0, 0.1) is 11.8 Å². The van der Waals surface area contributed by atoms with E-state index in [1.807, 2.05) is 0 Å². The standard InChI is InChI=1S/C17H21NO6/c1-21-13-4-10(5-14(22-2)16(13)23-3)6-15(19)18-7-11-9-24-17(20)12(11)8-18/h4-5,11-12H,6-9H2,1-3H3/t11-,12-/m1/s1. The Kier molecular flexibility index (Phi) is 4.51. The molecule has 0 saturated carbocycles. The first-order chi connectivity index (χ1) is 11.6. The summed E-state index contributed by atoms with van der Waals surface area (Å²) in [4.78, 5) is 25.9. The molecule has 2 aliphatic heterocycles. The van der Waals surface area contributed by atoms with Crippen LogP contribution < -0.4 is 14.2 Å². The third-order valence-electron chi connectivity index (χ3n) is 4.62. The monoisotopic (exact) mass is 335 g/mol. The van der Waals surface area contributed by atoms with Gasteiger partial charge in [0.1, 0.15) is 0 Å². The molecule has 0 spiro atoms. The van der Waals surface area contributed by atoms with Crippen LogP contribution in [0.2, 0.25) is 0 Å². The van der Waals surface area contributed by atoms with Crippen LogP contribution in [0.3, 0.4) is 0 Å². The number of benzene rings is 1. The van der Waals surface area contributed by atoms with Gasteiger partial charge < -0.3 is 23.8 Å². The highest BCUT2D eigenvalue weighted by atomic mass is 16.5. The van der Waals surface area contributed by atoms with E-state index in [0.29, 0.717) is 36.9 Å². The zero-order valence-corrected chi connectivity index (χ0v) is 14.0. The number of carbonyl (C=O) groups excluding carboxylic acids is 2. The van der Waals surface area contributed by atoms with Gasteiger partial charge in [-0.2, -0.15) is 0 Å². The number of ether oxygens (including phenoxy) is 4. The molecule has 0 N–H and O–H groups in total. The van der Waals surface area contributed by atoms with Crippen molar-refractivity contribution in [2.45, 2.75) is 6.42 Å². The van der Waals surface area contributed by atoms with Crippen molar-refractivity contribution in [1.82, 2.24) is 4.90 Å². The van der Waals surface area contributed by atoms with Crippen molar-refractivity contribution in [2.24, 2.45) is 11.8 Å². The third kappa shape index (κ3) is 2.86. The normalized spacial score (nSPS) is 22.1. The Labute approximate surface area is 140 Å². The lowest BCUT2D eigenvalue weighted by molar-refractivity contribution is -0.142. The van der Waals surface area contributed by atoms with Gasteiger partial charge in [0.25, 0.3) is 0 Å². The van der Waals surface area contributed by atoms with Crippen LogP contribution in [0.4, 0.5) is 0 Å². The molecule has 7 heteroatoms. The van der Waals surface area contributed by atoms with Crippen molar-refractivity contribution in [3.05, 3.63) is 17.7 Å².